The van der Waals surface area contributed by atoms with Crippen molar-refractivity contribution in [3.8, 4) is 5.75 Å². The van der Waals surface area contributed by atoms with Crippen LogP contribution in [0.5, 0.6) is 5.75 Å². The third kappa shape index (κ3) is 2.57. The molecule has 0 saturated heterocycles. The molecule has 4 nitrogen and oxygen atoms in total. The average Bonchev–Trinajstić information content (AvgIpc) is 2.33. The molecule has 1 aliphatic heterocycles. The number of carbonyl (C=O) groups excluding carboxylic acids is 1. The number of esters is 1. The van der Waals surface area contributed by atoms with Crippen LogP contribution in [-0.2, 0) is 9.53 Å². The Hall–Kier alpha value is -1.58. The molecular formula is C13H17NO3. The average molecular weight is 235 g/mol. The summed E-state index contributed by atoms with van der Waals surface area (Å²) >= 11 is 0. The molecule has 0 bridgehead atoms. The van der Waals surface area contributed by atoms with Crippen LogP contribution in [0.25, 0.3) is 0 Å². The lowest BCUT2D eigenvalue weighted by Gasteiger charge is -2.29. The van der Waals surface area contributed by atoms with Crippen LogP contribution in [0.15, 0.2) is 18.3 Å². The number of ether oxygens (including phenoxy) is 2. The van der Waals surface area contributed by atoms with Crippen molar-refractivity contribution < 1.29 is 14.3 Å². The molecule has 2 rings (SSSR count). The molecule has 0 fully saturated rings. The second-order valence-electron chi connectivity index (χ2n) is 4.29. The number of rotatable bonds is 3. The molecule has 0 unspecified atom stereocenters. The van der Waals surface area contributed by atoms with Crippen molar-refractivity contribution in [1.82, 2.24) is 4.98 Å². The van der Waals surface area contributed by atoms with Crippen molar-refractivity contribution in [1.29, 1.82) is 0 Å². The molecule has 0 N–H and O–H groups in total. The molecule has 2 heterocycles. The Morgan fingerprint density at radius 2 is 2.47 bits per heavy atom. The quantitative estimate of drug-likeness (QED) is 0.753. The van der Waals surface area contributed by atoms with E-state index in [1.165, 1.54) is 0 Å². The summed E-state index contributed by atoms with van der Waals surface area (Å²) in [5.74, 6) is 1.00. The van der Waals surface area contributed by atoms with Gasteiger partial charge in [0.2, 0.25) is 0 Å². The van der Waals surface area contributed by atoms with Gasteiger partial charge in [0.15, 0.2) is 0 Å². The number of pyridine rings is 1. The molecule has 0 spiro atoms. The number of carbonyl (C=O) groups is 1. The Balaban J connectivity index is 2.18. The second-order valence-corrected chi connectivity index (χ2v) is 4.29. The first-order valence-electron chi connectivity index (χ1n) is 5.95. The maximum atomic E-state index is 11.6. The number of fused-ring (bicyclic) bond motifs is 1. The fourth-order valence-corrected chi connectivity index (χ4v) is 2.11. The van der Waals surface area contributed by atoms with E-state index >= 15 is 0 Å². The zero-order valence-electron chi connectivity index (χ0n) is 10.2. The molecule has 0 aliphatic carbocycles. The monoisotopic (exact) mass is 235 g/mol. The van der Waals surface area contributed by atoms with E-state index in [0.29, 0.717) is 19.6 Å². The summed E-state index contributed by atoms with van der Waals surface area (Å²) in [6.07, 6.45) is 2.11. The summed E-state index contributed by atoms with van der Waals surface area (Å²) in [7, 11) is 0. The van der Waals surface area contributed by atoms with Gasteiger partial charge in [-0.25, -0.2) is 0 Å². The first-order valence-corrected chi connectivity index (χ1v) is 5.95. The zero-order chi connectivity index (χ0) is 12.3. The highest BCUT2D eigenvalue weighted by Gasteiger charge is 2.31. The van der Waals surface area contributed by atoms with E-state index in [1.807, 2.05) is 19.1 Å². The van der Waals surface area contributed by atoms with Crippen LogP contribution in [0.1, 0.15) is 31.9 Å². The minimum absolute atomic E-state index is 0.0963. The van der Waals surface area contributed by atoms with Crippen molar-refractivity contribution in [2.45, 2.75) is 26.2 Å². The van der Waals surface area contributed by atoms with Gasteiger partial charge in [0, 0.05) is 12.1 Å². The van der Waals surface area contributed by atoms with Crippen molar-refractivity contribution in [3.63, 3.8) is 0 Å². The SMILES string of the molecule is CCOC(=O)C[C@H]1c2ncccc2OC[C@@H]1C. The maximum absolute atomic E-state index is 11.6. The van der Waals surface area contributed by atoms with Crippen molar-refractivity contribution in [3.05, 3.63) is 24.0 Å². The Labute approximate surface area is 101 Å². The fourth-order valence-electron chi connectivity index (χ4n) is 2.11. The van der Waals surface area contributed by atoms with E-state index in [-0.39, 0.29) is 17.8 Å². The topological polar surface area (TPSA) is 48.4 Å². The Bertz CT molecular complexity index is 405. The van der Waals surface area contributed by atoms with Gasteiger partial charge in [0.05, 0.1) is 25.3 Å². The molecule has 0 aromatic carbocycles. The van der Waals surface area contributed by atoms with E-state index in [1.54, 1.807) is 6.20 Å². The summed E-state index contributed by atoms with van der Waals surface area (Å²) in [5.41, 5.74) is 0.874. The van der Waals surface area contributed by atoms with Gasteiger partial charge in [-0.3, -0.25) is 9.78 Å². The zero-order valence-corrected chi connectivity index (χ0v) is 10.2. The molecule has 0 amide bonds. The van der Waals surface area contributed by atoms with Gasteiger partial charge in [0.1, 0.15) is 5.75 Å². The molecule has 1 aromatic heterocycles. The summed E-state index contributed by atoms with van der Waals surface area (Å²) in [6.45, 7) is 4.94. The number of aromatic nitrogens is 1. The number of hydrogen-bond acceptors (Lipinski definition) is 4. The van der Waals surface area contributed by atoms with E-state index in [4.69, 9.17) is 9.47 Å². The van der Waals surface area contributed by atoms with Crippen molar-refractivity contribution >= 4 is 5.97 Å². The number of nitrogens with zero attached hydrogens (tertiary/aromatic N) is 1. The van der Waals surface area contributed by atoms with Crippen LogP contribution in [0.3, 0.4) is 0 Å². The van der Waals surface area contributed by atoms with Gasteiger partial charge in [-0.05, 0) is 25.0 Å². The molecule has 17 heavy (non-hydrogen) atoms. The summed E-state index contributed by atoms with van der Waals surface area (Å²) < 4.78 is 10.6. The molecular weight excluding hydrogens is 218 g/mol. The Morgan fingerprint density at radius 3 is 3.24 bits per heavy atom. The van der Waals surface area contributed by atoms with Crippen LogP contribution in [-0.4, -0.2) is 24.2 Å². The molecule has 92 valence electrons. The summed E-state index contributed by atoms with van der Waals surface area (Å²) in [4.78, 5) is 15.9. The van der Waals surface area contributed by atoms with Crippen LogP contribution < -0.4 is 4.74 Å². The minimum Gasteiger partial charge on any atom is -0.491 e. The summed E-state index contributed by atoms with van der Waals surface area (Å²) in [6, 6.07) is 3.74. The smallest absolute Gasteiger partial charge is 0.306 e. The second kappa shape index (κ2) is 5.17. The highest BCUT2D eigenvalue weighted by Crippen LogP contribution is 2.37. The predicted octanol–water partition coefficient (Wildman–Crippen LogP) is 2.15. The van der Waals surface area contributed by atoms with Crippen molar-refractivity contribution in [2.75, 3.05) is 13.2 Å². The van der Waals surface area contributed by atoms with E-state index in [0.717, 1.165) is 11.4 Å². The molecule has 1 aromatic rings. The van der Waals surface area contributed by atoms with Crippen LogP contribution in [0.2, 0.25) is 0 Å². The lowest BCUT2D eigenvalue weighted by molar-refractivity contribution is -0.144. The number of hydrogen-bond donors (Lipinski definition) is 0. The van der Waals surface area contributed by atoms with E-state index < -0.39 is 0 Å². The molecule has 2 atom stereocenters. The standard InChI is InChI=1S/C13H17NO3/c1-3-16-12(15)7-10-9(2)8-17-11-5-4-6-14-13(10)11/h4-6,9-10H,3,7-8H2,1-2H3/t9-,10+/m0/s1. The Morgan fingerprint density at radius 1 is 1.65 bits per heavy atom. The Kier molecular flexibility index (Phi) is 3.61. The third-order valence-electron chi connectivity index (χ3n) is 3.03. The lowest BCUT2D eigenvalue weighted by atomic mass is 9.86. The van der Waals surface area contributed by atoms with E-state index in [2.05, 4.69) is 11.9 Å². The molecule has 0 saturated carbocycles. The minimum atomic E-state index is -0.164. The van der Waals surface area contributed by atoms with Crippen LogP contribution in [0.4, 0.5) is 0 Å². The molecule has 0 radical (unpaired) electrons. The molecule has 1 aliphatic rings. The first kappa shape index (κ1) is 11.9. The van der Waals surface area contributed by atoms with Gasteiger partial charge < -0.3 is 9.47 Å². The van der Waals surface area contributed by atoms with Crippen molar-refractivity contribution in [2.24, 2.45) is 5.92 Å². The van der Waals surface area contributed by atoms with Gasteiger partial charge >= 0.3 is 5.97 Å². The van der Waals surface area contributed by atoms with Gasteiger partial charge in [-0.2, -0.15) is 0 Å². The summed E-state index contributed by atoms with van der Waals surface area (Å²) in [5, 5.41) is 0. The lowest BCUT2D eigenvalue weighted by Crippen LogP contribution is -2.27. The van der Waals surface area contributed by atoms with Gasteiger partial charge in [-0.1, -0.05) is 6.92 Å². The molecule has 4 heteroatoms. The highest BCUT2D eigenvalue weighted by atomic mass is 16.5. The van der Waals surface area contributed by atoms with Gasteiger partial charge in [-0.15, -0.1) is 0 Å². The maximum Gasteiger partial charge on any atom is 0.306 e. The predicted molar refractivity (Wildman–Crippen MR) is 62.9 cm³/mol. The van der Waals surface area contributed by atoms with Crippen LogP contribution >= 0.6 is 0 Å². The normalized spacial score (nSPS) is 22.5. The van der Waals surface area contributed by atoms with Crippen LogP contribution in [0, 0.1) is 5.92 Å². The largest absolute Gasteiger partial charge is 0.491 e. The first-order chi connectivity index (χ1) is 8.22. The third-order valence-corrected chi connectivity index (χ3v) is 3.03. The van der Waals surface area contributed by atoms with E-state index in [9.17, 15) is 4.79 Å². The van der Waals surface area contributed by atoms with Gasteiger partial charge in [0.25, 0.3) is 0 Å². The fraction of sp³-hybridized carbons (Fsp3) is 0.538. The highest BCUT2D eigenvalue weighted by molar-refractivity contribution is 5.70.